The Morgan fingerprint density at radius 2 is 1.41 bits per heavy atom. The van der Waals surface area contributed by atoms with Crippen molar-refractivity contribution in [3.05, 3.63) is 144 Å². The van der Waals surface area contributed by atoms with Gasteiger partial charge in [0.1, 0.15) is 52.8 Å². The van der Waals surface area contributed by atoms with Crippen LogP contribution in [-0.2, 0) is 35.8 Å². The average molecular weight is 831 g/mol. The fourth-order valence-corrected chi connectivity index (χ4v) is 7.43. The molecular weight excluding hydrogens is 781 g/mol. The molecule has 15 nitrogen and oxygen atoms in total. The highest BCUT2D eigenvalue weighted by Crippen LogP contribution is 2.43. The van der Waals surface area contributed by atoms with Crippen molar-refractivity contribution < 1.29 is 43.1 Å². The van der Waals surface area contributed by atoms with Gasteiger partial charge in [0.05, 0.1) is 27.2 Å². The molecule has 5 atom stereocenters. The molecule has 2 aromatic heterocycles. The molecule has 0 spiro atoms. The van der Waals surface area contributed by atoms with Gasteiger partial charge in [0, 0.05) is 13.5 Å². The molecule has 61 heavy (non-hydrogen) atoms. The number of esters is 1. The highest BCUT2D eigenvalue weighted by atomic mass is 16.6. The van der Waals surface area contributed by atoms with Gasteiger partial charge in [-0.2, -0.15) is 0 Å². The number of nitrogens with zero attached hydrogens (tertiary/aromatic N) is 5. The number of imidazole rings is 1. The van der Waals surface area contributed by atoms with E-state index in [0.29, 0.717) is 17.0 Å². The van der Waals surface area contributed by atoms with E-state index in [2.05, 4.69) is 15.0 Å². The number of carbonyl (C=O) groups is 2. The molecule has 4 aromatic carbocycles. The predicted molar refractivity (Wildman–Crippen MR) is 226 cm³/mol. The van der Waals surface area contributed by atoms with E-state index in [1.54, 1.807) is 35.0 Å². The van der Waals surface area contributed by atoms with E-state index < -0.39 is 53.8 Å². The standard InChI is InChI=1S/C46H50N6O9/c1-45(2,3)61-44(55)51(4)35(25-29-13-9-7-10-14-29)43(54)60-39-38(53)36(59-42(39)52-28-50-37-40(47)48-27-49-41(37)52)26-58-46(30-15-11-8-12-16-30,31-17-21-33(56-5)22-18-31)32-19-23-34(57-6)24-20-32/h7-24,27-28,35-36,38-39,42,53H,25-26H2,1-6H3,(H2,47,48,49)/t35-,36+,38+,39+,42+/m0/s1. The highest BCUT2D eigenvalue weighted by Gasteiger charge is 2.50. The first-order valence-corrected chi connectivity index (χ1v) is 19.8. The quantitative estimate of drug-likeness (QED) is 0.0953. The lowest BCUT2D eigenvalue weighted by atomic mass is 9.80. The maximum absolute atomic E-state index is 14.5. The minimum absolute atomic E-state index is 0.0946. The molecule has 6 aromatic rings. The number of nitrogen functional groups attached to an aromatic ring is 1. The fraction of sp³-hybridized carbons (Fsp3) is 0.326. The number of ether oxygens (including phenoxy) is 6. The van der Waals surface area contributed by atoms with Crippen LogP contribution in [0.25, 0.3) is 11.2 Å². The first kappa shape index (κ1) is 42.6. The Labute approximate surface area is 354 Å². The van der Waals surface area contributed by atoms with Crippen molar-refractivity contribution in [2.75, 3.05) is 33.6 Å². The lowest BCUT2D eigenvalue weighted by molar-refractivity contribution is -0.164. The van der Waals surface area contributed by atoms with Crippen LogP contribution in [0.4, 0.5) is 10.6 Å². The molecule has 0 unspecified atom stereocenters. The average Bonchev–Trinajstić information content (AvgIpc) is 3.84. The van der Waals surface area contributed by atoms with E-state index in [1.165, 1.54) is 29.2 Å². The van der Waals surface area contributed by atoms with Gasteiger partial charge in [0.15, 0.2) is 23.8 Å². The molecule has 1 amide bonds. The van der Waals surface area contributed by atoms with Crippen LogP contribution in [0.3, 0.4) is 0 Å². The first-order valence-electron chi connectivity index (χ1n) is 19.8. The summed E-state index contributed by atoms with van der Waals surface area (Å²) in [6.45, 7) is 5.02. The number of likely N-dealkylation sites (N-methyl/N-ethyl adjacent to an activating group) is 1. The third-order valence-electron chi connectivity index (χ3n) is 10.6. The number of aliphatic hydroxyl groups excluding tert-OH is 1. The molecule has 1 aliphatic rings. The number of hydrogen-bond donors (Lipinski definition) is 2. The van der Waals surface area contributed by atoms with E-state index in [0.717, 1.165) is 22.3 Å². The monoisotopic (exact) mass is 830 g/mol. The number of aromatic nitrogens is 4. The van der Waals surface area contributed by atoms with Crippen molar-refractivity contribution in [2.24, 2.45) is 0 Å². The number of aliphatic hydroxyl groups is 1. The second-order valence-corrected chi connectivity index (χ2v) is 15.7. The van der Waals surface area contributed by atoms with Gasteiger partial charge in [-0.1, -0.05) is 84.9 Å². The Balaban J connectivity index is 1.28. The van der Waals surface area contributed by atoms with Gasteiger partial charge >= 0.3 is 12.1 Å². The van der Waals surface area contributed by atoms with Crippen LogP contribution in [0.1, 0.15) is 49.3 Å². The van der Waals surface area contributed by atoms with Crippen LogP contribution in [0, 0.1) is 0 Å². The minimum Gasteiger partial charge on any atom is -0.497 e. The van der Waals surface area contributed by atoms with Crippen LogP contribution in [0.2, 0.25) is 0 Å². The number of hydrogen-bond acceptors (Lipinski definition) is 13. The van der Waals surface area contributed by atoms with Crippen molar-refractivity contribution in [3.8, 4) is 11.5 Å². The summed E-state index contributed by atoms with van der Waals surface area (Å²) in [6, 6.07) is 32.8. The van der Waals surface area contributed by atoms with E-state index in [1.807, 2.05) is 109 Å². The molecule has 0 radical (unpaired) electrons. The molecule has 0 saturated carbocycles. The van der Waals surface area contributed by atoms with E-state index >= 15 is 0 Å². The zero-order valence-corrected chi connectivity index (χ0v) is 34.9. The minimum atomic E-state index is -1.46. The summed E-state index contributed by atoms with van der Waals surface area (Å²) in [5.74, 6) is 0.638. The number of amides is 1. The van der Waals surface area contributed by atoms with Crippen LogP contribution in [0.5, 0.6) is 11.5 Å². The molecule has 7 rings (SSSR count). The second-order valence-electron chi connectivity index (χ2n) is 15.7. The number of nitrogens with two attached hydrogens (primary N) is 1. The number of anilines is 1. The van der Waals surface area contributed by atoms with Gasteiger partial charge in [-0.15, -0.1) is 0 Å². The molecule has 0 aliphatic carbocycles. The van der Waals surface area contributed by atoms with Gasteiger partial charge in [-0.05, 0) is 67.3 Å². The van der Waals surface area contributed by atoms with E-state index in [-0.39, 0.29) is 24.5 Å². The first-order chi connectivity index (χ1) is 29.3. The zero-order valence-electron chi connectivity index (χ0n) is 34.9. The maximum atomic E-state index is 14.5. The Hall–Kier alpha value is -6.55. The molecule has 3 N–H and O–H groups in total. The van der Waals surface area contributed by atoms with Crippen molar-refractivity contribution in [1.29, 1.82) is 0 Å². The van der Waals surface area contributed by atoms with Crippen LogP contribution >= 0.6 is 0 Å². The van der Waals surface area contributed by atoms with Gasteiger partial charge in [0.2, 0.25) is 0 Å². The highest BCUT2D eigenvalue weighted by molar-refractivity contribution is 5.82. The predicted octanol–water partition coefficient (Wildman–Crippen LogP) is 6.08. The number of rotatable bonds is 14. The lowest BCUT2D eigenvalue weighted by Gasteiger charge is -2.37. The Kier molecular flexibility index (Phi) is 12.5. The summed E-state index contributed by atoms with van der Waals surface area (Å²) in [6.07, 6.45) is -2.99. The molecule has 0 bridgehead atoms. The number of fused-ring (bicyclic) bond motifs is 1. The Morgan fingerprint density at radius 3 is 1.98 bits per heavy atom. The summed E-state index contributed by atoms with van der Waals surface area (Å²) in [5, 5.41) is 12.3. The van der Waals surface area contributed by atoms with Crippen molar-refractivity contribution in [1.82, 2.24) is 24.4 Å². The van der Waals surface area contributed by atoms with Gasteiger partial charge in [0.25, 0.3) is 0 Å². The SMILES string of the molecule is COc1ccc(C(OC[C@H]2O[C@@H](n3cnc4c(N)ncnc43)[C@H](OC(=O)[C@H](Cc3ccccc3)N(C)C(=O)OC(C)(C)C)[C@@H]2O)(c2ccccc2)c2ccc(OC)cc2)cc1. The van der Waals surface area contributed by atoms with Gasteiger partial charge in [-0.25, -0.2) is 24.5 Å². The smallest absolute Gasteiger partial charge is 0.410 e. The molecule has 1 saturated heterocycles. The normalized spacial score (nSPS) is 18.3. The molecule has 15 heteroatoms. The summed E-state index contributed by atoms with van der Waals surface area (Å²) in [4.78, 5) is 42.0. The number of methoxy groups -OCH3 is 2. The zero-order chi connectivity index (χ0) is 43.3. The summed E-state index contributed by atoms with van der Waals surface area (Å²) in [5.41, 5.74) is 7.74. The molecular formula is C46H50N6O9. The number of carbonyl (C=O) groups excluding carboxylic acids is 2. The van der Waals surface area contributed by atoms with Crippen molar-refractivity contribution in [3.63, 3.8) is 0 Å². The number of benzene rings is 4. The van der Waals surface area contributed by atoms with Crippen LogP contribution < -0.4 is 15.2 Å². The lowest BCUT2D eigenvalue weighted by Crippen LogP contribution is -2.49. The summed E-state index contributed by atoms with van der Waals surface area (Å²) in [7, 11) is 4.67. The second kappa shape index (κ2) is 18.0. The topological polar surface area (TPSA) is 183 Å². The van der Waals surface area contributed by atoms with Gasteiger partial charge < -0.3 is 39.3 Å². The van der Waals surface area contributed by atoms with Gasteiger partial charge in [-0.3, -0.25) is 9.47 Å². The largest absolute Gasteiger partial charge is 0.497 e. The van der Waals surface area contributed by atoms with Crippen LogP contribution in [0.15, 0.2) is 122 Å². The third-order valence-corrected chi connectivity index (χ3v) is 10.6. The van der Waals surface area contributed by atoms with E-state index in [4.69, 9.17) is 34.2 Å². The fourth-order valence-electron chi connectivity index (χ4n) is 7.43. The molecule has 1 aliphatic heterocycles. The van der Waals surface area contributed by atoms with Crippen LogP contribution in [-0.4, -0.2) is 99.4 Å². The van der Waals surface area contributed by atoms with Crippen molar-refractivity contribution in [2.45, 2.75) is 69.0 Å². The van der Waals surface area contributed by atoms with E-state index in [9.17, 15) is 14.7 Å². The maximum Gasteiger partial charge on any atom is 0.410 e. The summed E-state index contributed by atoms with van der Waals surface area (Å²) < 4.78 is 38.2. The molecule has 318 valence electrons. The Bertz CT molecular complexity index is 2360. The van der Waals surface area contributed by atoms with Crippen molar-refractivity contribution >= 4 is 29.0 Å². The Morgan fingerprint density at radius 1 is 0.836 bits per heavy atom. The molecule has 1 fully saturated rings. The summed E-state index contributed by atoms with van der Waals surface area (Å²) >= 11 is 0. The molecule has 3 heterocycles. The third kappa shape index (κ3) is 8.99.